The third kappa shape index (κ3) is 5.93. The van der Waals surface area contributed by atoms with Crippen LogP contribution in [0.1, 0.15) is 11.1 Å². The number of hydrogen-bond acceptors (Lipinski definition) is 5. The Kier molecular flexibility index (Phi) is 7.10. The Hall–Kier alpha value is -3.76. The average Bonchev–Trinajstić information content (AvgIpc) is 2.77. The van der Waals surface area contributed by atoms with Gasteiger partial charge in [-0.25, -0.2) is 8.42 Å². The van der Waals surface area contributed by atoms with Crippen molar-refractivity contribution >= 4 is 38.5 Å². The number of benzene rings is 3. The molecule has 0 aliphatic rings. The molecule has 1 atom stereocenters. The van der Waals surface area contributed by atoms with Crippen molar-refractivity contribution in [1.82, 2.24) is 9.62 Å². The topological polar surface area (TPSA) is 154 Å². The Morgan fingerprint density at radius 3 is 2.42 bits per heavy atom. The number of carboxylic acid groups (broad SMARTS) is 1. The summed E-state index contributed by atoms with van der Waals surface area (Å²) in [7, 11) is -2.82. The van der Waals surface area contributed by atoms with Crippen LogP contribution >= 0.6 is 0 Å². The second kappa shape index (κ2) is 9.80. The Morgan fingerprint density at radius 1 is 1.06 bits per heavy atom. The van der Waals surface area contributed by atoms with Crippen molar-refractivity contribution in [2.75, 3.05) is 13.6 Å². The van der Waals surface area contributed by atoms with E-state index in [2.05, 4.69) is 4.72 Å². The first-order valence-electron chi connectivity index (χ1n) is 9.98. The number of amides is 1. The lowest BCUT2D eigenvalue weighted by atomic mass is 10.0. The summed E-state index contributed by atoms with van der Waals surface area (Å²) in [6.07, 6.45) is -0.0588. The van der Waals surface area contributed by atoms with Crippen molar-refractivity contribution in [2.24, 2.45) is 5.73 Å². The molecule has 0 aliphatic heterocycles. The number of nitrogens with zero attached hydrogens (tertiary/aromatic N) is 1. The van der Waals surface area contributed by atoms with Crippen LogP contribution < -0.4 is 10.5 Å². The van der Waals surface area contributed by atoms with Crippen LogP contribution in [0.3, 0.4) is 0 Å². The van der Waals surface area contributed by atoms with Crippen molar-refractivity contribution in [3.8, 4) is 0 Å². The molecule has 0 aliphatic carbocycles. The van der Waals surface area contributed by atoms with Crippen LogP contribution in [0.2, 0.25) is 0 Å². The van der Waals surface area contributed by atoms with Crippen LogP contribution in [-0.2, 0) is 26.0 Å². The second-order valence-electron chi connectivity index (χ2n) is 7.59. The van der Waals surface area contributed by atoms with Gasteiger partial charge in [-0.3, -0.25) is 15.0 Å². The van der Waals surface area contributed by atoms with Gasteiger partial charge in [-0.15, -0.1) is 0 Å². The lowest BCUT2D eigenvalue weighted by Crippen LogP contribution is -2.49. The van der Waals surface area contributed by atoms with E-state index in [1.807, 2.05) is 12.1 Å². The van der Waals surface area contributed by atoms with Gasteiger partial charge in [0.1, 0.15) is 18.4 Å². The van der Waals surface area contributed by atoms with E-state index >= 15 is 0 Å². The van der Waals surface area contributed by atoms with E-state index in [0.29, 0.717) is 11.1 Å². The van der Waals surface area contributed by atoms with Gasteiger partial charge in [0.25, 0.3) is 0 Å². The van der Waals surface area contributed by atoms with Gasteiger partial charge in [-0.1, -0.05) is 48.5 Å². The number of fused-ring (bicyclic) bond motifs is 1. The van der Waals surface area contributed by atoms with E-state index in [1.54, 1.807) is 42.5 Å². The monoisotopic (exact) mass is 468 g/mol. The average molecular weight is 469 g/mol. The molecule has 10 heteroatoms. The van der Waals surface area contributed by atoms with Crippen LogP contribution in [0.15, 0.2) is 71.6 Å². The summed E-state index contributed by atoms with van der Waals surface area (Å²) >= 11 is 0. The van der Waals surface area contributed by atoms with Crippen LogP contribution in [0.4, 0.5) is 0 Å². The number of nitrogens with two attached hydrogens (primary N) is 1. The molecule has 0 saturated carbocycles. The van der Waals surface area contributed by atoms with Gasteiger partial charge in [0, 0.05) is 12.6 Å². The van der Waals surface area contributed by atoms with E-state index in [0.717, 1.165) is 15.7 Å². The first kappa shape index (κ1) is 23.9. The molecule has 0 heterocycles. The highest BCUT2D eigenvalue weighted by Gasteiger charge is 2.29. The molecule has 3 aromatic carbocycles. The Labute approximate surface area is 191 Å². The van der Waals surface area contributed by atoms with Gasteiger partial charge in [-0.2, -0.15) is 4.72 Å². The second-order valence-corrected chi connectivity index (χ2v) is 9.30. The molecule has 3 rings (SSSR count). The Balaban J connectivity index is 1.95. The molecule has 0 fully saturated rings. The molecule has 9 nitrogen and oxygen atoms in total. The molecule has 0 bridgehead atoms. The lowest BCUT2D eigenvalue weighted by molar-refractivity contribution is -0.144. The molecule has 0 spiro atoms. The SMILES string of the molecule is CN(CC(=O)O)C(=O)[C@H](Cc1cccc(C(=N)N)c1)NS(=O)(=O)c1ccc2ccccc2c1. The van der Waals surface area contributed by atoms with Gasteiger partial charge < -0.3 is 15.7 Å². The van der Waals surface area contributed by atoms with Crippen molar-refractivity contribution in [1.29, 1.82) is 5.41 Å². The smallest absolute Gasteiger partial charge is 0.323 e. The highest BCUT2D eigenvalue weighted by Crippen LogP contribution is 2.20. The maximum absolute atomic E-state index is 13.1. The summed E-state index contributed by atoms with van der Waals surface area (Å²) in [6.45, 7) is -0.583. The van der Waals surface area contributed by atoms with E-state index in [4.69, 9.17) is 16.2 Å². The summed E-state index contributed by atoms with van der Waals surface area (Å²) in [4.78, 5) is 25.0. The minimum Gasteiger partial charge on any atom is -0.480 e. The van der Waals surface area contributed by atoms with Crippen molar-refractivity contribution in [2.45, 2.75) is 17.4 Å². The normalized spacial score (nSPS) is 12.3. The van der Waals surface area contributed by atoms with E-state index < -0.39 is 34.5 Å². The lowest BCUT2D eigenvalue weighted by Gasteiger charge is -2.24. The highest BCUT2D eigenvalue weighted by molar-refractivity contribution is 7.89. The van der Waals surface area contributed by atoms with Gasteiger partial charge >= 0.3 is 5.97 Å². The van der Waals surface area contributed by atoms with Gasteiger partial charge in [0.15, 0.2) is 0 Å². The van der Waals surface area contributed by atoms with E-state index in [-0.39, 0.29) is 17.2 Å². The number of rotatable bonds is 9. The predicted octanol–water partition coefficient (Wildman–Crippen LogP) is 1.56. The minimum absolute atomic E-state index is 0.0163. The fraction of sp³-hybridized carbons (Fsp3) is 0.174. The van der Waals surface area contributed by atoms with Gasteiger partial charge in [0.05, 0.1) is 4.90 Å². The first-order valence-corrected chi connectivity index (χ1v) is 11.5. The van der Waals surface area contributed by atoms with Gasteiger partial charge in [0.2, 0.25) is 15.9 Å². The highest BCUT2D eigenvalue weighted by atomic mass is 32.2. The van der Waals surface area contributed by atoms with Crippen LogP contribution in [0, 0.1) is 5.41 Å². The van der Waals surface area contributed by atoms with Crippen LogP contribution in [0.5, 0.6) is 0 Å². The van der Waals surface area contributed by atoms with Crippen molar-refractivity contribution < 1.29 is 23.1 Å². The minimum atomic E-state index is -4.12. The maximum Gasteiger partial charge on any atom is 0.323 e. The molecular formula is C23H24N4O5S. The number of hydrogen-bond donors (Lipinski definition) is 4. The summed E-state index contributed by atoms with van der Waals surface area (Å²) in [5.41, 5.74) is 6.52. The molecule has 33 heavy (non-hydrogen) atoms. The number of aliphatic carboxylic acids is 1. The number of carboxylic acids is 1. The third-order valence-electron chi connectivity index (χ3n) is 5.05. The molecule has 5 N–H and O–H groups in total. The Bertz CT molecular complexity index is 1320. The molecule has 0 aromatic heterocycles. The van der Waals surface area contributed by atoms with Crippen molar-refractivity contribution in [3.63, 3.8) is 0 Å². The van der Waals surface area contributed by atoms with Crippen LogP contribution in [-0.4, -0.2) is 55.8 Å². The number of nitrogen functional groups attached to an aromatic ring is 1. The predicted molar refractivity (Wildman–Crippen MR) is 124 cm³/mol. The molecule has 3 aromatic rings. The third-order valence-corrected chi connectivity index (χ3v) is 6.52. The first-order chi connectivity index (χ1) is 15.6. The number of nitrogens with one attached hydrogen (secondary N) is 2. The van der Waals surface area contributed by atoms with Crippen LogP contribution in [0.25, 0.3) is 10.8 Å². The summed E-state index contributed by atoms with van der Waals surface area (Å²) in [5, 5.41) is 18.2. The fourth-order valence-corrected chi connectivity index (χ4v) is 4.64. The summed E-state index contributed by atoms with van der Waals surface area (Å²) in [5.74, 6) is -2.09. The largest absolute Gasteiger partial charge is 0.480 e. The van der Waals surface area contributed by atoms with E-state index in [9.17, 15) is 18.0 Å². The van der Waals surface area contributed by atoms with Gasteiger partial charge in [-0.05, 0) is 41.0 Å². The number of carbonyl (C=O) groups is 2. The molecular weight excluding hydrogens is 444 g/mol. The zero-order chi connectivity index (χ0) is 24.2. The quantitative estimate of drug-likeness (QED) is 0.276. The fourth-order valence-electron chi connectivity index (χ4n) is 3.42. The molecule has 0 saturated heterocycles. The van der Waals surface area contributed by atoms with E-state index in [1.165, 1.54) is 19.2 Å². The molecule has 0 radical (unpaired) electrons. The molecule has 172 valence electrons. The zero-order valence-electron chi connectivity index (χ0n) is 17.9. The number of likely N-dealkylation sites (N-methyl/N-ethyl adjacent to an activating group) is 1. The molecule has 1 amide bonds. The van der Waals surface area contributed by atoms with Crippen molar-refractivity contribution in [3.05, 3.63) is 77.9 Å². The Morgan fingerprint density at radius 2 is 1.76 bits per heavy atom. The standard InChI is InChI=1S/C23H24N4O5S/c1-27(14-21(28)29)23(30)20(12-15-5-4-8-18(11-15)22(24)25)26-33(31,32)19-10-9-16-6-2-3-7-17(16)13-19/h2-11,13,20,26H,12,14H2,1H3,(H3,24,25)(H,28,29)/t20-/m0/s1. The number of amidine groups is 1. The summed E-state index contributed by atoms with van der Waals surface area (Å²) < 4.78 is 28.7. The summed E-state index contributed by atoms with van der Waals surface area (Å²) in [6, 6.07) is 17.2. The molecule has 0 unspecified atom stereocenters. The number of carbonyl (C=O) groups excluding carboxylic acids is 1. The zero-order valence-corrected chi connectivity index (χ0v) is 18.7. The number of sulfonamides is 1. The maximum atomic E-state index is 13.1.